The molecule has 2 aliphatic rings. The van der Waals surface area contributed by atoms with Crippen LogP contribution >= 0.6 is 0 Å². The molecule has 2 aliphatic heterocycles. The Bertz CT molecular complexity index is 782. The number of likely N-dealkylation sites (N-methyl/N-ethyl adjacent to an activating group) is 1. The highest BCUT2D eigenvalue weighted by Crippen LogP contribution is 2.33. The van der Waals surface area contributed by atoms with Crippen molar-refractivity contribution in [2.75, 3.05) is 13.8 Å². The van der Waals surface area contributed by atoms with Crippen LogP contribution in [0, 0.1) is 0 Å². The number of hydrogen-bond acceptors (Lipinski definition) is 5. The lowest BCUT2D eigenvalue weighted by Crippen LogP contribution is -2.41. The highest BCUT2D eigenvalue weighted by Gasteiger charge is 2.27. The van der Waals surface area contributed by atoms with E-state index >= 15 is 0 Å². The Morgan fingerprint density at radius 1 is 1.15 bits per heavy atom. The zero-order valence-electron chi connectivity index (χ0n) is 15.6. The number of fused-ring (bicyclic) bond motifs is 1. The highest BCUT2D eigenvalue weighted by molar-refractivity contribution is 6.04. The third kappa shape index (κ3) is 3.45. The number of rotatable bonds is 5. The third-order valence-corrected chi connectivity index (χ3v) is 4.73. The van der Waals surface area contributed by atoms with Gasteiger partial charge in [0.1, 0.15) is 0 Å². The Hall–Kier alpha value is -2.76. The van der Waals surface area contributed by atoms with Gasteiger partial charge in [0.05, 0.1) is 6.04 Å². The number of allylic oxidation sites excluding steroid dienone is 1. The summed E-state index contributed by atoms with van der Waals surface area (Å²) in [5.74, 6) is 0.921. The number of hydrogen-bond donors (Lipinski definition) is 0. The average molecular weight is 356 g/mol. The van der Waals surface area contributed by atoms with Gasteiger partial charge in [-0.1, -0.05) is 6.08 Å². The summed E-state index contributed by atoms with van der Waals surface area (Å²) in [6, 6.07) is 4.78. The maximum Gasteiger partial charge on any atom is 0.251 e. The van der Waals surface area contributed by atoms with Crippen molar-refractivity contribution in [2.45, 2.75) is 39.3 Å². The SMILES string of the molecule is CC(C)N1C=CCC(C(=O)N(C)[C@@H](C)C(=O)c2ccc3c(c2)OCO3)=C1. The van der Waals surface area contributed by atoms with Crippen LogP contribution in [0.4, 0.5) is 0 Å². The zero-order valence-corrected chi connectivity index (χ0v) is 15.6. The van der Waals surface area contributed by atoms with Crippen LogP contribution in [0.2, 0.25) is 0 Å². The molecule has 6 nitrogen and oxygen atoms in total. The minimum Gasteiger partial charge on any atom is -0.454 e. The van der Waals surface area contributed by atoms with E-state index in [1.807, 2.05) is 23.4 Å². The van der Waals surface area contributed by atoms with Crippen LogP contribution in [0.15, 0.2) is 42.2 Å². The number of nitrogens with zero attached hydrogens (tertiary/aromatic N) is 2. The highest BCUT2D eigenvalue weighted by atomic mass is 16.7. The molecule has 0 aliphatic carbocycles. The van der Waals surface area contributed by atoms with Gasteiger partial charge in [-0.25, -0.2) is 0 Å². The molecule has 0 fully saturated rings. The molecule has 1 aromatic carbocycles. The molecule has 6 heteroatoms. The lowest BCUT2D eigenvalue weighted by molar-refractivity contribution is -0.127. The monoisotopic (exact) mass is 356 g/mol. The molecule has 0 radical (unpaired) electrons. The van der Waals surface area contributed by atoms with Gasteiger partial charge in [-0.3, -0.25) is 9.59 Å². The van der Waals surface area contributed by atoms with Gasteiger partial charge in [-0.05, 0) is 45.4 Å². The van der Waals surface area contributed by atoms with E-state index in [0.29, 0.717) is 29.1 Å². The molecule has 0 N–H and O–H groups in total. The van der Waals surface area contributed by atoms with Gasteiger partial charge in [0.25, 0.3) is 5.91 Å². The van der Waals surface area contributed by atoms with Gasteiger partial charge in [0, 0.05) is 36.6 Å². The number of Topliss-reactive ketones (excluding diaryl/α,β-unsaturated/α-hetero) is 1. The van der Waals surface area contributed by atoms with E-state index in [9.17, 15) is 9.59 Å². The summed E-state index contributed by atoms with van der Waals surface area (Å²) in [4.78, 5) is 29.1. The fraction of sp³-hybridized carbons (Fsp3) is 0.400. The summed E-state index contributed by atoms with van der Waals surface area (Å²) in [5.41, 5.74) is 1.18. The van der Waals surface area contributed by atoms with Gasteiger partial charge in [-0.15, -0.1) is 0 Å². The Labute approximate surface area is 153 Å². The Morgan fingerprint density at radius 2 is 1.88 bits per heavy atom. The number of carbonyl (C=O) groups excluding carboxylic acids is 2. The molecule has 1 aromatic rings. The number of carbonyl (C=O) groups is 2. The van der Waals surface area contributed by atoms with Crippen molar-refractivity contribution < 1.29 is 19.1 Å². The number of amides is 1. The fourth-order valence-corrected chi connectivity index (χ4v) is 2.91. The minimum absolute atomic E-state index is 0.133. The molecule has 26 heavy (non-hydrogen) atoms. The Balaban J connectivity index is 1.73. The quantitative estimate of drug-likeness (QED) is 0.759. The maximum absolute atomic E-state index is 12.8. The first-order valence-electron chi connectivity index (χ1n) is 8.74. The second-order valence-electron chi connectivity index (χ2n) is 6.81. The summed E-state index contributed by atoms with van der Waals surface area (Å²) in [6.45, 7) is 6.02. The van der Waals surface area contributed by atoms with E-state index in [1.54, 1.807) is 32.2 Å². The van der Waals surface area contributed by atoms with Crippen molar-refractivity contribution in [1.29, 1.82) is 0 Å². The average Bonchev–Trinajstić information content (AvgIpc) is 3.13. The zero-order chi connectivity index (χ0) is 18.8. The van der Waals surface area contributed by atoms with Crippen molar-refractivity contribution in [1.82, 2.24) is 9.80 Å². The fourth-order valence-electron chi connectivity index (χ4n) is 2.91. The summed E-state index contributed by atoms with van der Waals surface area (Å²) in [6.07, 6.45) is 6.37. The molecule has 1 atom stereocenters. The predicted molar refractivity (Wildman–Crippen MR) is 97.9 cm³/mol. The summed E-state index contributed by atoms with van der Waals surface area (Å²) in [5, 5.41) is 0. The van der Waals surface area contributed by atoms with Crippen LogP contribution in [-0.2, 0) is 4.79 Å². The number of ketones is 1. The second kappa shape index (κ2) is 7.23. The van der Waals surface area contributed by atoms with E-state index in [-0.39, 0.29) is 24.5 Å². The van der Waals surface area contributed by atoms with E-state index in [0.717, 1.165) is 0 Å². The van der Waals surface area contributed by atoms with Gasteiger partial charge in [0.2, 0.25) is 6.79 Å². The van der Waals surface area contributed by atoms with Crippen LogP contribution in [-0.4, -0.2) is 47.4 Å². The molecule has 0 spiro atoms. The number of benzene rings is 1. The standard InChI is InChI=1S/C20H24N2O4/c1-13(2)22-9-5-6-16(11-22)20(24)21(4)14(3)19(23)15-7-8-17-18(10-15)26-12-25-17/h5,7-11,13-14H,6,12H2,1-4H3/t14-/m0/s1. The first kappa shape index (κ1) is 18.0. The normalized spacial score (nSPS) is 16.5. The van der Waals surface area contributed by atoms with E-state index < -0.39 is 6.04 Å². The third-order valence-electron chi connectivity index (χ3n) is 4.73. The Morgan fingerprint density at radius 3 is 2.62 bits per heavy atom. The summed E-state index contributed by atoms with van der Waals surface area (Å²) >= 11 is 0. The second-order valence-corrected chi connectivity index (χ2v) is 6.81. The molecule has 0 saturated carbocycles. The molecular formula is C20H24N2O4. The first-order chi connectivity index (χ1) is 12.4. The lowest BCUT2D eigenvalue weighted by atomic mass is 10.0. The van der Waals surface area contributed by atoms with Crippen molar-refractivity contribution in [3.63, 3.8) is 0 Å². The molecular weight excluding hydrogens is 332 g/mol. The molecule has 0 bridgehead atoms. The molecule has 1 amide bonds. The molecule has 3 rings (SSSR count). The van der Waals surface area contributed by atoms with Gasteiger partial charge < -0.3 is 19.3 Å². The van der Waals surface area contributed by atoms with Crippen molar-refractivity contribution >= 4 is 11.7 Å². The van der Waals surface area contributed by atoms with E-state index in [4.69, 9.17) is 9.47 Å². The maximum atomic E-state index is 12.8. The van der Waals surface area contributed by atoms with Crippen LogP contribution in [0.25, 0.3) is 0 Å². The van der Waals surface area contributed by atoms with Gasteiger partial charge >= 0.3 is 0 Å². The van der Waals surface area contributed by atoms with Crippen LogP contribution in [0.1, 0.15) is 37.6 Å². The number of ether oxygens (including phenoxy) is 2. The van der Waals surface area contributed by atoms with Crippen molar-refractivity contribution in [3.05, 3.63) is 47.8 Å². The van der Waals surface area contributed by atoms with E-state index in [1.165, 1.54) is 4.90 Å². The van der Waals surface area contributed by atoms with Gasteiger partial charge in [-0.2, -0.15) is 0 Å². The van der Waals surface area contributed by atoms with Crippen molar-refractivity contribution in [3.8, 4) is 11.5 Å². The van der Waals surface area contributed by atoms with E-state index in [2.05, 4.69) is 13.8 Å². The molecule has 0 unspecified atom stereocenters. The molecule has 2 heterocycles. The first-order valence-corrected chi connectivity index (χ1v) is 8.74. The van der Waals surface area contributed by atoms with Crippen LogP contribution in [0.3, 0.4) is 0 Å². The predicted octanol–water partition coefficient (Wildman–Crippen LogP) is 2.96. The molecule has 0 aromatic heterocycles. The minimum atomic E-state index is -0.581. The van der Waals surface area contributed by atoms with Gasteiger partial charge in [0.15, 0.2) is 17.3 Å². The van der Waals surface area contributed by atoms with Crippen molar-refractivity contribution in [2.24, 2.45) is 0 Å². The largest absolute Gasteiger partial charge is 0.454 e. The summed E-state index contributed by atoms with van der Waals surface area (Å²) in [7, 11) is 1.66. The summed E-state index contributed by atoms with van der Waals surface area (Å²) < 4.78 is 10.6. The smallest absolute Gasteiger partial charge is 0.251 e. The Kier molecular flexibility index (Phi) is 5.02. The molecule has 0 saturated heterocycles. The molecule has 138 valence electrons. The van der Waals surface area contributed by atoms with Crippen LogP contribution < -0.4 is 9.47 Å². The lowest BCUT2D eigenvalue weighted by Gasteiger charge is -2.29. The van der Waals surface area contributed by atoms with Crippen LogP contribution in [0.5, 0.6) is 11.5 Å². The topological polar surface area (TPSA) is 59.1 Å².